The Bertz CT molecular complexity index is 519. The van der Waals surface area contributed by atoms with E-state index in [4.69, 9.17) is 4.42 Å². The molecule has 2 aromatic rings. The molecule has 16 heavy (non-hydrogen) atoms. The fourth-order valence-electron chi connectivity index (χ4n) is 1.39. The lowest BCUT2D eigenvalue weighted by Crippen LogP contribution is -2.16. The predicted octanol–water partition coefficient (Wildman–Crippen LogP) is 2.45. The largest absolute Gasteiger partial charge is 0.451 e. The molecular weight excluding hydrogens is 209 g/mol. The van der Waals surface area contributed by atoms with Gasteiger partial charge in [-0.2, -0.15) is 0 Å². The average Bonchev–Trinajstić information content (AvgIpc) is 2.78. The van der Waals surface area contributed by atoms with Gasteiger partial charge in [0.25, 0.3) is 5.91 Å². The van der Waals surface area contributed by atoms with Crippen molar-refractivity contribution in [3.05, 3.63) is 48.0 Å². The molecule has 1 amide bonds. The summed E-state index contributed by atoms with van der Waals surface area (Å²) < 4.78 is 18.7. The number of carbonyl (C=O) groups excluding carboxylic acids is 1. The van der Waals surface area contributed by atoms with Crippen LogP contribution < -0.4 is 5.32 Å². The molecule has 0 saturated carbocycles. The van der Waals surface area contributed by atoms with Gasteiger partial charge in [0.1, 0.15) is 11.6 Å². The van der Waals surface area contributed by atoms with E-state index in [-0.39, 0.29) is 17.5 Å². The zero-order chi connectivity index (χ0) is 11.5. The summed E-state index contributed by atoms with van der Waals surface area (Å²) in [4.78, 5) is 11.2. The van der Waals surface area contributed by atoms with Gasteiger partial charge in [-0.3, -0.25) is 4.79 Å². The van der Waals surface area contributed by atoms with Crippen LogP contribution in [-0.4, -0.2) is 13.0 Å². The van der Waals surface area contributed by atoms with E-state index in [2.05, 4.69) is 5.32 Å². The van der Waals surface area contributed by atoms with Crippen molar-refractivity contribution in [2.24, 2.45) is 0 Å². The first-order chi connectivity index (χ1) is 7.72. The molecule has 0 spiro atoms. The van der Waals surface area contributed by atoms with Crippen LogP contribution in [0.15, 0.2) is 40.8 Å². The molecule has 1 N–H and O–H groups in total. The van der Waals surface area contributed by atoms with Crippen LogP contribution in [0.3, 0.4) is 0 Å². The van der Waals surface area contributed by atoms with E-state index in [1.165, 1.54) is 19.2 Å². The third-order valence-electron chi connectivity index (χ3n) is 2.20. The Morgan fingerprint density at radius 2 is 2.00 bits per heavy atom. The smallest absolute Gasteiger partial charge is 0.286 e. The number of halogens is 1. The molecular formula is C12H10FNO2. The van der Waals surface area contributed by atoms with Crippen molar-refractivity contribution in [2.75, 3.05) is 7.05 Å². The van der Waals surface area contributed by atoms with Gasteiger partial charge in [0.15, 0.2) is 5.76 Å². The topological polar surface area (TPSA) is 42.2 Å². The lowest BCUT2D eigenvalue weighted by molar-refractivity contribution is 0.0936. The Balaban J connectivity index is 2.39. The Labute approximate surface area is 91.9 Å². The van der Waals surface area contributed by atoms with Gasteiger partial charge in [-0.05, 0) is 24.3 Å². The quantitative estimate of drug-likeness (QED) is 0.842. The van der Waals surface area contributed by atoms with Gasteiger partial charge in [0.2, 0.25) is 0 Å². The Hall–Kier alpha value is -2.10. The average molecular weight is 219 g/mol. The van der Waals surface area contributed by atoms with Crippen LogP contribution in [0.4, 0.5) is 4.39 Å². The summed E-state index contributed by atoms with van der Waals surface area (Å²) in [5.74, 6) is -0.194. The van der Waals surface area contributed by atoms with E-state index in [1.807, 2.05) is 0 Å². The van der Waals surface area contributed by atoms with Gasteiger partial charge in [-0.1, -0.05) is 12.1 Å². The molecule has 82 valence electrons. The third-order valence-corrected chi connectivity index (χ3v) is 2.20. The fraction of sp³-hybridized carbons (Fsp3) is 0.0833. The first-order valence-electron chi connectivity index (χ1n) is 4.79. The molecule has 0 fully saturated rings. The minimum Gasteiger partial charge on any atom is -0.451 e. The van der Waals surface area contributed by atoms with Crippen LogP contribution in [0.1, 0.15) is 10.6 Å². The molecule has 0 bridgehead atoms. The lowest BCUT2D eigenvalue weighted by atomic mass is 10.1. The molecule has 0 aliphatic carbocycles. The maximum absolute atomic E-state index is 13.4. The Kier molecular flexibility index (Phi) is 2.72. The van der Waals surface area contributed by atoms with E-state index in [9.17, 15) is 9.18 Å². The number of benzene rings is 1. The van der Waals surface area contributed by atoms with E-state index in [1.54, 1.807) is 24.3 Å². The van der Waals surface area contributed by atoms with E-state index in [0.717, 1.165) is 0 Å². The van der Waals surface area contributed by atoms with Crippen LogP contribution in [0.2, 0.25) is 0 Å². The molecule has 3 nitrogen and oxygen atoms in total. The number of amides is 1. The second kappa shape index (κ2) is 4.18. The number of nitrogens with one attached hydrogen (secondary N) is 1. The van der Waals surface area contributed by atoms with Crippen LogP contribution in [0.25, 0.3) is 11.3 Å². The van der Waals surface area contributed by atoms with Gasteiger partial charge < -0.3 is 9.73 Å². The van der Waals surface area contributed by atoms with Crippen LogP contribution >= 0.6 is 0 Å². The van der Waals surface area contributed by atoms with Crippen molar-refractivity contribution in [3.8, 4) is 11.3 Å². The van der Waals surface area contributed by atoms with Crippen molar-refractivity contribution < 1.29 is 13.6 Å². The van der Waals surface area contributed by atoms with Gasteiger partial charge in [0.05, 0.1) is 5.56 Å². The van der Waals surface area contributed by atoms with Crippen molar-refractivity contribution in [2.45, 2.75) is 0 Å². The molecule has 4 heteroatoms. The maximum Gasteiger partial charge on any atom is 0.286 e. The minimum absolute atomic E-state index is 0.167. The third kappa shape index (κ3) is 1.82. The minimum atomic E-state index is -0.375. The monoisotopic (exact) mass is 219 g/mol. The van der Waals surface area contributed by atoms with Crippen molar-refractivity contribution >= 4 is 5.91 Å². The fourth-order valence-corrected chi connectivity index (χ4v) is 1.39. The molecule has 0 atom stereocenters. The highest BCUT2D eigenvalue weighted by Crippen LogP contribution is 2.24. The summed E-state index contributed by atoms with van der Waals surface area (Å²) in [7, 11) is 1.51. The zero-order valence-electron chi connectivity index (χ0n) is 8.66. The molecule has 1 heterocycles. The number of carbonyl (C=O) groups is 1. The molecule has 0 saturated heterocycles. The second-order valence-electron chi connectivity index (χ2n) is 3.22. The Morgan fingerprint density at radius 1 is 1.25 bits per heavy atom. The van der Waals surface area contributed by atoms with Crippen LogP contribution in [0.5, 0.6) is 0 Å². The molecule has 0 aliphatic heterocycles. The maximum atomic E-state index is 13.4. The summed E-state index contributed by atoms with van der Waals surface area (Å²) in [6.45, 7) is 0. The number of furan rings is 1. The lowest BCUT2D eigenvalue weighted by Gasteiger charge is -1.98. The summed E-state index contributed by atoms with van der Waals surface area (Å²) >= 11 is 0. The first-order valence-corrected chi connectivity index (χ1v) is 4.79. The van der Waals surface area contributed by atoms with Crippen molar-refractivity contribution in [3.63, 3.8) is 0 Å². The highest BCUT2D eigenvalue weighted by molar-refractivity contribution is 5.91. The van der Waals surface area contributed by atoms with Gasteiger partial charge in [-0.15, -0.1) is 0 Å². The van der Waals surface area contributed by atoms with Gasteiger partial charge in [-0.25, -0.2) is 4.39 Å². The highest BCUT2D eigenvalue weighted by Gasteiger charge is 2.12. The second-order valence-corrected chi connectivity index (χ2v) is 3.22. The standard InChI is InChI=1S/C12H10FNO2/c1-14-12(15)11-7-6-10(16-11)8-4-2-3-5-9(8)13/h2-7H,1H3,(H,14,15). The molecule has 0 aliphatic rings. The highest BCUT2D eigenvalue weighted by atomic mass is 19.1. The van der Waals surface area contributed by atoms with Crippen LogP contribution in [0, 0.1) is 5.82 Å². The van der Waals surface area contributed by atoms with E-state index < -0.39 is 0 Å². The van der Waals surface area contributed by atoms with Crippen LogP contribution in [-0.2, 0) is 0 Å². The predicted molar refractivity (Wildman–Crippen MR) is 57.5 cm³/mol. The molecule has 1 aromatic carbocycles. The van der Waals surface area contributed by atoms with Gasteiger partial charge in [0, 0.05) is 7.05 Å². The summed E-state index contributed by atoms with van der Waals surface area (Å²) in [5.41, 5.74) is 0.345. The number of hydrogen-bond donors (Lipinski definition) is 1. The van der Waals surface area contributed by atoms with Crippen molar-refractivity contribution in [1.29, 1.82) is 0 Å². The number of rotatable bonds is 2. The normalized spacial score (nSPS) is 10.1. The van der Waals surface area contributed by atoms with E-state index in [0.29, 0.717) is 11.3 Å². The number of hydrogen-bond acceptors (Lipinski definition) is 2. The summed E-state index contributed by atoms with van der Waals surface area (Å²) in [5, 5.41) is 2.43. The van der Waals surface area contributed by atoms with E-state index >= 15 is 0 Å². The molecule has 1 aromatic heterocycles. The van der Waals surface area contributed by atoms with Gasteiger partial charge >= 0.3 is 0 Å². The summed E-state index contributed by atoms with van der Waals surface area (Å²) in [6.07, 6.45) is 0. The first kappa shape index (κ1) is 10.4. The SMILES string of the molecule is CNC(=O)c1ccc(-c2ccccc2F)o1. The Morgan fingerprint density at radius 3 is 2.69 bits per heavy atom. The molecule has 0 radical (unpaired) electrons. The van der Waals surface area contributed by atoms with Crippen molar-refractivity contribution in [1.82, 2.24) is 5.32 Å². The zero-order valence-corrected chi connectivity index (χ0v) is 8.66. The summed E-state index contributed by atoms with van der Waals surface area (Å²) in [6, 6.07) is 9.34. The molecule has 2 rings (SSSR count). The molecule has 0 unspecified atom stereocenters.